The number of esters is 1. The second-order valence-corrected chi connectivity index (χ2v) is 5.26. The van der Waals surface area contributed by atoms with E-state index < -0.39 is 0 Å². The molecule has 19 heavy (non-hydrogen) atoms. The third-order valence-electron chi connectivity index (χ3n) is 2.76. The molecule has 0 aliphatic heterocycles. The van der Waals surface area contributed by atoms with E-state index in [4.69, 9.17) is 0 Å². The Balaban J connectivity index is 1.93. The summed E-state index contributed by atoms with van der Waals surface area (Å²) in [5, 5.41) is 4.31. The fraction of sp³-hybridized carbons (Fsp3) is 0.286. The molecule has 1 atom stereocenters. The van der Waals surface area contributed by atoms with Crippen molar-refractivity contribution in [3.05, 3.63) is 42.1 Å². The van der Waals surface area contributed by atoms with E-state index in [1.165, 1.54) is 7.11 Å². The molecule has 0 saturated carbocycles. The van der Waals surface area contributed by atoms with Gasteiger partial charge in [0, 0.05) is 24.7 Å². The van der Waals surface area contributed by atoms with Crippen LogP contribution in [0.5, 0.6) is 0 Å². The van der Waals surface area contributed by atoms with Crippen LogP contribution in [0.25, 0.3) is 10.9 Å². The summed E-state index contributed by atoms with van der Waals surface area (Å²) in [7, 11) is 1.38. The maximum absolute atomic E-state index is 11.2. The quantitative estimate of drug-likeness (QED) is 0.677. The summed E-state index contributed by atoms with van der Waals surface area (Å²) in [6.45, 7) is 1.18. The Labute approximate surface area is 120 Å². The molecule has 0 aliphatic rings. The second kappa shape index (κ2) is 6.63. The third-order valence-corrected chi connectivity index (χ3v) is 3.45. The zero-order chi connectivity index (χ0) is 13.7. The SMILES string of the molecule is COC(=O)C(Br)CNCc1cnc2ccccc2c1. The van der Waals surface area contributed by atoms with E-state index in [1.807, 2.05) is 30.5 Å². The van der Waals surface area contributed by atoms with E-state index in [2.05, 4.69) is 37.0 Å². The van der Waals surface area contributed by atoms with Gasteiger partial charge in [0.1, 0.15) is 4.83 Å². The summed E-state index contributed by atoms with van der Waals surface area (Å²) in [4.78, 5) is 15.3. The van der Waals surface area contributed by atoms with E-state index in [9.17, 15) is 4.79 Å². The standard InChI is InChI=1S/C14H15BrN2O2/c1-19-14(18)12(15)9-16-7-10-6-11-4-2-3-5-13(11)17-8-10/h2-6,8,12,16H,7,9H2,1H3. The first-order valence-electron chi connectivity index (χ1n) is 5.97. The maximum Gasteiger partial charge on any atom is 0.320 e. The molecule has 0 fully saturated rings. The van der Waals surface area contributed by atoms with Gasteiger partial charge in [-0.15, -0.1) is 0 Å². The summed E-state index contributed by atoms with van der Waals surface area (Å²) in [5.41, 5.74) is 2.07. The number of methoxy groups -OCH3 is 1. The summed E-state index contributed by atoms with van der Waals surface area (Å²) in [6, 6.07) is 10.1. The van der Waals surface area contributed by atoms with E-state index >= 15 is 0 Å². The second-order valence-electron chi connectivity index (χ2n) is 4.16. The third kappa shape index (κ3) is 3.75. The first kappa shape index (κ1) is 14.0. The zero-order valence-corrected chi connectivity index (χ0v) is 12.2. The minimum atomic E-state index is -0.328. The number of fused-ring (bicyclic) bond motifs is 1. The van der Waals surface area contributed by atoms with Crippen molar-refractivity contribution in [3.63, 3.8) is 0 Å². The van der Waals surface area contributed by atoms with Gasteiger partial charge < -0.3 is 10.1 Å². The molecule has 4 nitrogen and oxygen atoms in total. The number of carbonyl (C=O) groups is 1. The number of halogens is 1. The highest BCUT2D eigenvalue weighted by molar-refractivity contribution is 9.10. The van der Waals surface area contributed by atoms with Gasteiger partial charge in [-0.3, -0.25) is 9.78 Å². The van der Waals surface area contributed by atoms with Crippen molar-refractivity contribution in [3.8, 4) is 0 Å². The molecule has 5 heteroatoms. The van der Waals surface area contributed by atoms with E-state index in [0.29, 0.717) is 13.1 Å². The van der Waals surface area contributed by atoms with Crippen LogP contribution in [-0.4, -0.2) is 29.4 Å². The van der Waals surface area contributed by atoms with Gasteiger partial charge in [0.05, 0.1) is 12.6 Å². The molecule has 100 valence electrons. The highest BCUT2D eigenvalue weighted by Crippen LogP contribution is 2.12. The predicted octanol–water partition coefficient (Wildman–Crippen LogP) is 2.26. The summed E-state index contributed by atoms with van der Waals surface area (Å²) >= 11 is 3.26. The van der Waals surface area contributed by atoms with Crippen molar-refractivity contribution in [2.45, 2.75) is 11.4 Å². The van der Waals surface area contributed by atoms with Crippen LogP contribution in [0.1, 0.15) is 5.56 Å². The maximum atomic E-state index is 11.2. The Morgan fingerprint density at radius 3 is 3.05 bits per heavy atom. The number of nitrogens with one attached hydrogen (secondary N) is 1. The van der Waals surface area contributed by atoms with Crippen LogP contribution in [0.15, 0.2) is 36.5 Å². The molecule has 0 saturated heterocycles. The van der Waals surface area contributed by atoms with Gasteiger partial charge in [-0.1, -0.05) is 34.1 Å². The number of hydrogen-bond acceptors (Lipinski definition) is 4. The molecule has 2 rings (SSSR count). The first-order valence-corrected chi connectivity index (χ1v) is 6.88. The Hall–Kier alpha value is -1.46. The van der Waals surface area contributed by atoms with Crippen molar-refractivity contribution in [2.75, 3.05) is 13.7 Å². The van der Waals surface area contributed by atoms with Crippen LogP contribution in [0.3, 0.4) is 0 Å². The van der Waals surface area contributed by atoms with Gasteiger partial charge in [-0.2, -0.15) is 0 Å². The van der Waals surface area contributed by atoms with Gasteiger partial charge >= 0.3 is 5.97 Å². The molecule has 0 radical (unpaired) electrons. The average Bonchev–Trinajstić information content (AvgIpc) is 2.46. The number of hydrogen-bond donors (Lipinski definition) is 1. The molecule has 1 unspecified atom stereocenters. The smallest absolute Gasteiger partial charge is 0.320 e. The topological polar surface area (TPSA) is 51.2 Å². The highest BCUT2D eigenvalue weighted by Gasteiger charge is 2.13. The molecule has 1 aromatic carbocycles. The number of rotatable bonds is 5. The largest absolute Gasteiger partial charge is 0.468 e. The van der Waals surface area contributed by atoms with Crippen LogP contribution < -0.4 is 5.32 Å². The lowest BCUT2D eigenvalue weighted by molar-refractivity contribution is -0.139. The number of para-hydroxylation sites is 1. The van der Waals surface area contributed by atoms with Crippen LogP contribution in [0.2, 0.25) is 0 Å². The van der Waals surface area contributed by atoms with Gasteiger partial charge in [0.15, 0.2) is 0 Å². The van der Waals surface area contributed by atoms with E-state index in [1.54, 1.807) is 0 Å². The van der Waals surface area contributed by atoms with Crippen molar-refractivity contribution in [1.29, 1.82) is 0 Å². The summed E-state index contributed by atoms with van der Waals surface area (Å²) in [6.07, 6.45) is 1.84. The van der Waals surface area contributed by atoms with Crippen LogP contribution in [-0.2, 0) is 16.1 Å². The Bertz CT molecular complexity index is 574. The fourth-order valence-electron chi connectivity index (χ4n) is 1.77. The van der Waals surface area contributed by atoms with Crippen LogP contribution in [0, 0.1) is 0 Å². The predicted molar refractivity (Wildman–Crippen MR) is 78.2 cm³/mol. The molecule has 0 spiro atoms. The minimum Gasteiger partial charge on any atom is -0.468 e. The lowest BCUT2D eigenvalue weighted by Crippen LogP contribution is -2.29. The lowest BCUT2D eigenvalue weighted by Gasteiger charge is -2.09. The van der Waals surface area contributed by atoms with E-state index in [-0.39, 0.29) is 10.8 Å². The fourth-order valence-corrected chi connectivity index (χ4v) is 2.18. The van der Waals surface area contributed by atoms with Crippen molar-refractivity contribution < 1.29 is 9.53 Å². The monoisotopic (exact) mass is 322 g/mol. The van der Waals surface area contributed by atoms with Gasteiger partial charge in [-0.25, -0.2) is 0 Å². The number of aromatic nitrogens is 1. The first-order chi connectivity index (χ1) is 9.20. The van der Waals surface area contributed by atoms with E-state index in [0.717, 1.165) is 16.5 Å². The normalized spacial score (nSPS) is 12.3. The van der Waals surface area contributed by atoms with Gasteiger partial charge in [0.2, 0.25) is 0 Å². The van der Waals surface area contributed by atoms with Gasteiger partial charge in [0.25, 0.3) is 0 Å². The summed E-state index contributed by atoms with van der Waals surface area (Å²) in [5.74, 6) is -0.274. The van der Waals surface area contributed by atoms with Crippen molar-refractivity contribution >= 4 is 32.8 Å². The Kier molecular flexibility index (Phi) is 4.87. The average molecular weight is 323 g/mol. The molecule has 0 bridgehead atoms. The number of carbonyl (C=O) groups excluding carboxylic acids is 1. The lowest BCUT2D eigenvalue weighted by atomic mass is 10.1. The molecule has 0 amide bonds. The van der Waals surface area contributed by atoms with Crippen LogP contribution in [0.4, 0.5) is 0 Å². The Morgan fingerprint density at radius 2 is 2.26 bits per heavy atom. The highest BCUT2D eigenvalue weighted by atomic mass is 79.9. The number of pyridine rings is 1. The molecule has 2 aromatic rings. The number of ether oxygens (including phenoxy) is 1. The summed E-state index contributed by atoms with van der Waals surface area (Å²) < 4.78 is 4.63. The number of alkyl halides is 1. The molecule has 0 aliphatic carbocycles. The minimum absolute atomic E-state index is 0.274. The molecule has 1 N–H and O–H groups in total. The van der Waals surface area contributed by atoms with Crippen molar-refractivity contribution in [2.24, 2.45) is 0 Å². The number of benzene rings is 1. The molecular weight excluding hydrogens is 308 g/mol. The molecular formula is C14H15BrN2O2. The Morgan fingerprint density at radius 1 is 1.47 bits per heavy atom. The van der Waals surface area contributed by atoms with Crippen LogP contribution >= 0.6 is 15.9 Å². The number of nitrogens with zero attached hydrogens (tertiary/aromatic N) is 1. The zero-order valence-electron chi connectivity index (χ0n) is 10.6. The molecule has 1 heterocycles. The molecule has 1 aromatic heterocycles. The van der Waals surface area contributed by atoms with Gasteiger partial charge in [-0.05, 0) is 17.7 Å². The van der Waals surface area contributed by atoms with Crippen molar-refractivity contribution in [1.82, 2.24) is 10.3 Å².